The van der Waals surface area contributed by atoms with Gasteiger partial charge in [-0.1, -0.05) is 0 Å². The van der Waals surface area contributed by atoms with Crippen molar-refractivity contribution in [2.75, 3.05) is 40.9 Å². The second-order valence-electron chi connectivity index (χ2n) is 3.29. The molecule has 0 fully saturated rings. The molecule has 1 N–H and O–H groups in total. The van der Waals surface area contributed by atoms with Crippen molar-refractivity contribution in [2.45, 2.75) is 6.42 Å². The molecule has 0 aromatic heterocycles. The van der Waals surface area contributed by atoms with Crippen molar-refractivity contribution in [3.05, 3.63) is 0 Å². The third-order valence-corrected chi connectivity index (χ3v) is 3.98. The van der Waals surface area contributed by atoms with Crippen LogP contribution in [0.2, 0.25) is 0 Å². The van der Waals surface area contributed by atoms with Crippen LogP contribution in [0.3, 0.4) is 0 Å². The summed E-state index contributed by atoms with van der Waals surface area (Å²) in [6.45, 7) is 0.480. The van der Waals surface area contributed by atoms with E-state index in [9.17, 15) is 13.2 Å². The number of carboxylic acid groups (broad SMARTS) is 1. The lowest BCUT2D eigenvalue weighted by Crippen LogP contribution is -2.41. The number of carboxylic acids is 1. The van der Waals surface area contributed by atoms with Gasteiger partial charge in [-0.05, 0) is 0 Å². The van der Waals surface area contributed by atoms with Crippen LogP contribution in [0.25, 0.3) is 0 Å². The van der Waals surface area contributed by atoms with Gasteiger partial charge < -0.3 is 9.84 Å². The molecule has 0 saturated heterocycles. The van der Waals surface area contributed by atoms with Crippen LogP contribution in [0.1, 0.15) is 6.42 Å². The fourth-order valence-corrected chi connectivity index (χ4v) is 2.04. The van der Waals surface area contributed by atoms with E-state index < -0.39 is 16.2 Å². The fourth-order valence-electron chi connectivity index (χ4n) is 0.942. The number of rotatable bonds is 8. The summed E-state index contributed by atoms with van der Waals surface area (Å²) in [5.74, 6) is -1.03. The third-order valence-electron chi connectivity index (χ3n) is 2.04. The molecule has 0 heterocycles. The van der Waals surface area contributed by atoms with E-state index in [1.54, 1.807) is 0 Å². The molecule has 8 heteroatoms. The molecular weight excluding hydrogens is 236 g/mol. The molecule has 0 aliphatic heterocycles. The van der Waals surface area contributed by atoms with Gasteiger partial charge in [0.2, 0.25) is 0 Å². The Labute approximate surface area is 95.8 Å². The van der Waals surface area contributed by atoms with Crippen molar-refractivity contribution < 1.29 is 23.1 Å². The van der Waals surface area contributed by atoms with E-state index in [0.717, 1.165) is 8.61 Å². The minimum atomic E-state index is -3.58. The van der Waals surface area contributed by atoms with E-state index in [4.69, 9.17) is 9.84 Å². The van der Waals surface area contributed by atoms with E-state index in [1.807, 2.05) is 0 Å². The highest BCUT2D eigenvalue weighted by Gasteiger charge is 2.23. The Morgan fingerprint density at radius 1 is 1.25 bits per heavy atom. The topological polar surface area (TPSA) is 87.2 Å². The van der Waals surface area contributed by atoms with Crippen molar-refractivity contribution in [1.82, 2.24) is 8.61 Å². The van der Waals surface area contributed by atoms with Crippen LogP contribution in [-0.2, 0) is 19.7 Å². The molecule has 0 amide bonds. The lowest BCUT2D eigenvalue weighted by Gasteiger charge is -2.23. The molecule has 0 rings (SSSR count). The Balaban J connectivity index is 4.34. The predicted octanol–water partition coefficient (Wildman–Crippen LogP) is -0.784. The van der Waals surface area contributed by atoms with Crippen LogP contribution in [0.4, 0.5) is 0 Å². The van der Waals surface area contributed by atoms with Gasteiger partial charge in [-0.15, -0.1) is 0 Å². The minimum absolute atomic E-state index is 0.0466. The first-order chi connectivity index (χ1) is 7.32. The second-order valence-corrected chi connectivity index (χ2v) is 5.43. The molecule has 0 saturated carbocycles. The maximum atomic E-state index is 11.8. The van der Waals surface area contributed by atoms with Crippen LogP contribution in [0.5, 0.6) is 0 Å². The van der Waals surface area contributed by atoms with E-state index in [-0.39, 0.29) is 19.5 Å². The summed E-state index contributed by atoms with van der Waals surface area (Å²) in [6.07, 6.45) is -0.214. The third kappa shape index (κ3) is 4.88. The molecule has 0 atom stereocenters. The molecule has 0 aromatic rings. The van der Waals surface area contributed by atoms with Gasteiger partial charge in [-0.25, -0.2) is 0 Å². The zero-order valence-electron chi connectivity index (χ0n) is 9.71. The zero-order valence-corrected chi connectivity index (χ0v) is 10.5. The molecule has 0 bridgehead atoms. The van der Waals surface area contributed by atoms with Crippen molar-refractivity contribution in [2.24, 2.45) is 0 Å². The smallest absolute Gasteiger partial charge is 0.304 e. The summed E-state index contributed by atoms with van der Waals surface area (Å²) in [4.78, 5) is 10.3. The summed E-state index contributed by atoms with van der Waals surface area (Å²) in [5.41, 5.74) is 0. The number of hydrogen-bond donors (Lipinski definition) is 1. The highest BCUT2D eigenvalue weighted by atomic mass is 32.2. The van der Waals surface area contributed by atoms with Crippen molar-refractivity contribution in [3.63, 3.8) is 0 Å². The molecule has 0 spiro atoms. The highest BCUT2D eigenvalue weighted by Crippen LogP contribution is 2.04. The predicted molar refractivity (Wildman–Crippen MR) is 58.3 cm³/mol. The molecule has 0 unspecified atom stereocenters. The number of likely N-dealkylation sites (N-methyl/N-ethyl adjacent to an activating group) is 1. The Kier molecular flexibility index (Phi) is 6.49. The van der Waals surface area contributed by atoms with Crippen molar-refractivity contribution >= 4 is 16.2 Å². The Morgan fingerprint density at radius 2 is 1.75 bits per heavy atom. The normalized spacial score (nSPS) is 12.3. The molecule has 0 aromatic carbocycles. The zero-order chi connectivity index (χ0) is 12.8. The molecule has 96 valence electrons. The van der Waals surface area contributed by atoms with Crippen molar-refractivity contribution in [3.8, 4) is 0 Å². The van der Waals surface area contributed by atoms with Crippen LogP contribution in [0, 0.1) is 0 Å². The molecule has 7 nitrogen and oxygen atoms in total. The van der Waals surface area contributed by atoms with Gasteiger partial charge >= 0.3 is 5.97 Å². The van der Waals surface area contributed by atoms with Gasteiger partial charge in [0.05, 0.1) is 13.0 Å². The Bertz CT molecular complexity index is 316. The summed E-state index contributed by atoms with van der Waals surface area (Å²) in [6, 6.07) is 0. The maximum Gasteiger partial charge on any atom is 0.304 e. The standard InChI is InChI=1S/C8H18N2O5S/c1-9(5-4-8(11)12)16(13,14)10(2)6-7-15-3/h4-7H2,1-3H3,(H,11,12). The lowest BCUT2D eigenvalue weighted by atomic mass is 10.4. The summed E-state index contributed by atoms with van der Waals surface area (Å²) in [7, 11) is 0.668. The molecule has 0 radical (unpaired) electrons. The average Bonchev–Trinajstić information content (AvgIpc) is 2.21. The molecule has 0 aliphatic rings. The van der Waals surface area contributed by atoms with Gasteiger partial charge in [0.25, 0.3) is 10.2 Å². The Morgan fingerprint density at radius 3 is 2.19 bits per heavy atom. The fraction of sp³-hybridized carbons (Fsp3) is 0.875. The number of ether oxygens (including phenoxy) is 1. The summed E-state index contributed by atoms with van der Waals surface area (Å²) in [5, 5.41) is 8.45. The molecule has 16 heavy (non-hydrogen) atoms. The van der Waals surface area contributed by atoms with Gasteiger partial charge in [0, 0.05) is 34.3 Å². The van der Waals surface area contributed by atoms with Crippen LogP contribution in [0.15, 0.2) is 0 Å². The van der Waals surface area contributed by atoms with Crippen LogP contribution < -0.4 is 0 Å². The van der Waals surface area contributed by atoms with E-state index in [0.29, 0.717) is 6.61 Å². The van der Waals surface area contributed by atoms with Crippen LogP contribution >= 0.6 is 0 Å². The average molecular weight is 254 g/mol. The van der Waals surface area contributed by atoms with E-state index in [1.165, 1.54) is 21.2 Å². The minimum Gasteiger partial charge on any atom is -0.481 e. The lowest BCUT2D eigenvalue weighted by molar-refractivity contribution is -0.137. The van der Waals surface area contributed by atoms with Gasteiger partial charge in [-0.2, -0.15) is 17.0 Å². The number of methoxy groups -OCH3 is 1. The number of aliphatic carboxylic acids is 1. The summed E-state index contributed by atoms with van der Waals surface area (Å²) >= 11 is 0. The van der Waals surface area contributed by atoms with E-state index >= 15 is 0 Å². The van der Waals surface area contributed by atoms with Crippen molar-refractivity contribution in [1.29, 1.82) is 0 Å². The maximum absolute atomic E-state index is 11.8. The monoisotopic (exact) mass is 254 g/mol. The molecular formula is C8H18N2O5S. The van der Waals surface area contributed by atoms with Gasteiger partial charge in [0.15, 0.2) is 0 Å². The summed E-state index contributed by atoms with van der Waals surface area (Å²) < 4.78 is 30.4. The van der Waals surface area contributed by atoms with Gasteiger partial charge in [-0.3, -0.25) is 4.79 Å². The SMILES string of the molecule is COCCN(C)S(=O)(=O)N(C)CCC(=O)O. The Hall–Kier alpha value is -0.700. The number of carbonyl (C=O) groups is 1. The first-order valence-corrected chi connectivity index (χ1v) is 6.10. The number of nitrogens with zero attached hydrogens (tertiary/aromatic N) is 2. The van der Waals surface area contributed by atoms with E-state index in [2.05, 4.69) is 0 Å². The largest absolute Gasteiger partial charge is 0.481 e. The molecule has 0 aliphatic carbocycles. The first kappa shape index (κ1) is 15.3. The first-order valence-electron chi connectivity index (χ1n) is 4.70. The second kappa shape index (κ2) is 6.79. The van der Waals surface area contributed by atoms with Crippen LogP contribution in [-0.4, -0.2) is 69.0 Å². The quantitative estimate of drug-likeness (QED) is 0.613. The highest BCUT2D eigenvalue weighted by molar-refractivity contribution is 7.86. The van der Waals surface area contributed by atoms with Gasteiger partial charge in [0.1, 0.15) is 0 Å². The number of hydrogen-bond acceptors (Lipinski definition) is 4.